The molecule has 0 aromatic heterocycles. The van der Waals surface area contributed by atoms with Crippen LogP contribution >= 0.6 is 0 Å². The largest absolute Gasteiger partial charge is 0.493 e. The molecule has 144 valence electrons. The predicted octanol–water partition coefficient (Wildman–Crippen LogP) is 2.34. The SMILES string of the molecule is COc1ccc(OS(=O)(=O)c2ccc(N3CCN(C)C3=O)cc2)cc1OC. The molecule has 1 fully saturated rings. The van der Waals surface area contributed by atoms with Crippen LogP contribution in [-0.2, 0) is 10.1 Å². The lowest BCUT2D eigenvalue weighted by Gasteiger charge is -2.16. The van der Waals surface area contributed by atoms with Gasteiger partial charge in [-0.3, -0.25) is 4.90 Å². The first-order valence-electron chi connectivity index (χ1n) is 8.15. The summed E-state index contributed by atoms with van der Waals surface area (Å²) in [6.07, 6.45) is 0. The molecule has 0 saturated carbocycles. The summed E-state index contributed by atoms with van der Waals surface area (Å²) < 4.78 is 40.5. The van der Waals surface area contributed by atoms with Crippen molar-refractivity contribution >= 4 is 21.8 Å². The van der Waals surface area contributed by atoms with Gasteiger partial charge < -0.3 is 18.6 Å². The number of amides is 2. The summed E-state index contributed by atoms with van der Waals surface area (Å²) in [5, 5.41) is 0. The molecule has 0 N–H and O–H groups in total. The first-order chi connectivity index (χ1) is 12.9. The lowest BCUT2D eigenvalue weighted by molar-refractivity contribution is 0.229. The first-order valence-corrected chi connectivity index (χ1v) is 9.56. The molecule has 8 nitrogen and oxygen atoms in total. The zero-order valence-corrected chi connectivity index (χ0v) is 16.0. The molecule has 0 radical (unpaired) electrons. The average molecular weight is 392 g/mol. The Morgan fingerprint density at radius 3 is 2.15 bits per heavy atom. The van der Waals surface area contributed by atoms with Gasteiger partial charge in [0.2, 0.25) is 0 Å². The standard InChI is InChI=1S/C18H20N2O6S/c1-19-10-11-20(18(19)21)13-4-7-15(8-5-13)27(22,23)26-14-6-9-16(24-2)17(12-14)25-3/h4-9,12H,10-11H2,1-3H3. The highest BCUT2D eigenvalue weighted by Gasteiger charge is 2.27. The van der Waals surface area contributed by atoms with Gasteiger partial charge in [0, 0.05) is 31.9 Å². The minimum absolute atomic E-state index is 0.0129. The Bertz CT molecular complexity index is 943. The van der Waals surface area contributed by atoms with Crippen molar-refractivity contribution in [2.75, 3.05) is 39.3 Å². The van der Waals surface area contributed by atoms with Gasteiger partial charge in [0.25, 0.3) is 0 Å². The number of urea groups is 1. The minimum Gasteiger partial charge on any atom is -0.493 e. The number of carbonyl (C=O) groups is 1. The zero-order chi connectivity index (χ0) is 19.6. The van der Waals surface area contributed by atoms with Crippen LogP contribution < -0.4 is 18.6 Å². The Kier molecular flexibility index (Phi) is 5.13. The van der Waals surface area contributed by atoms with Gasteiger partial charge >= 0.3 is 16.1 Å². The van der Waals surface area contributed by atoms with Crippen LogP contribution in [0.3, 0.4) is 0 Å². The summed E-state index contributed by atoms with van der Waals surface area (Å²) in [6.45, 7) is 1.19. The third kappa shape index (κ3) is 3.77. The average Bonchev–Trinajstić information content (AvgIpc) is 3.00. The Labute approximate surface area is 158 Å². The van der Waals surface area contributed by atoms with Crippen LogP contribution in [0, 0.1) is 0 Å². The van der Waals surface area contributed by atoms with E-state index in [0.717, 1.165) is 0 Å². The number of rotatable bonds is 6. The normalized spacial score (nSPS) is 14.4. The second-order valence-electron chi connectivity index (χ2n) is 5.90. The van der Waals surface area contributed by atoms with Crippen molar-refractivity contribution in [3.8, 4) is 17.2 Å². The summed E-state index contributed by atoms with van der Waals surface area (Å²) in [7, 11) is 0.624. The first kappa shape index (κ1) is 18.8. The van der Waals surface area contributed by atoms with E-state index in [1.165, 1.54) is 38.5 Å². The van der Waals surface area contributed by atoms with E-state index in [1.807, 2.05) is 0 Å². The molecule has 9 heteroatoms. The number of likely N-dealkylation sites (N-methyl/N-ethyl adjacent to an activating group) is 1. The Morgan fingerprint density at radius 2 is 1.59 bits per heavy atom. The van der Waals surface area contributed by atoms with Crippen LogP contribution in [0.15, 0.2) is 47.4 Å². The van der Waals surface area contributed by atoms with Crippen LogP contribution in [0.2, 0.25) is 0 Å². The van der Waals surface area contributed by atoms with E-state index >= 15 is 0 Å². The predicted molar refractivity (Wildman–Crippen MR) is 99.2 cm³/mol. The quantitative estimate of drug-likeness (QED) is 0.702. The second-order valence-corrected chi connectivity index (χ2v) is 7.45. The lowest BCUT2D eigenvalue weighted by Crippen LogP contribution is -2.29. The molecule has 0 aliphatic carbocycles. The molecule has 27 heavy (non-hydrogen) atoms. The Balaban J connectivity index is 1.80. The highest BCUT2D eigenvalue weighted by Crippen LogP contribution is 2.32. The van der Waals surface area contributed by atoms with E-state index in [0.29, 0.717) is 30.3 Å². The molecule has 2 amide bonds. The minimum atomic E-state index is -4.03. The van der Waals surface area contributed by atoms with Crippen LogP contribution in [0.5, 0.6) is 17.2 Å². The molecular weight excluding hydrogens is 372 g/mol. The zero-order valence-electron chi connectivity index (χ0n) is 15.2. The number of carbonyl (C=O) groups excluding carboxylic acids is 1. The smallest absolute Gasteiger partial charge is 0.339 e. The van der Waals surface area contributed by atoms with Gasteiger partial charge in [0.15, 0.2) is 11.5 Å². The third-order valence-corrected chi connectivity index (χ3v) is 5.48. The van der Waals surface area contributed by atoms with Crippen LogP contribution in [0.4, 0.5) is 10.5 Å². The molecule has 1 saturated heterocycles. The van der Waals surface area contributed by atoms with Gasteiger partial charge in [-0.15, -0.1) is 0 Å². The number of anilines is 1. The molecule has 1 heterocycles. The Hall–Kier alpha value is -2.94. The molecule has 0 unspecified atom stereocenters. The topological polar surface area (TPSA) is 85.4 Å². The maximum absolute atomic E-state index is 12.5. The van der Waals surface area contributed by atoms with Crippen LogP contribution in [-0.4, -0.2) is 53.7 Å². The molecule has 1 aliphatic heterocycles. The number of nitrogens with zero attached hydrogens (tertiary/aromatic N) is 2. The number of hydrogen-bond acceptors (Lipinski definition) is 6. The molecule has 1 aliphatic rings. The van der Waals surface area contributed by atoms with E-state index in [2.05, 4.69) is 0 Å². The highest BCUT2D eigenvalue weighted by molar-refractivity contribution is 7.87. The van der Waals surface area contributed by atoms with E-state index in [1.54, 1.807) is 35.0 Å². The third-order valence-electron chi connectivity index (χ3n) is 4.21. The monoisotopic (exact) mass is 392 g/mol. The van der Waals surface area contributed by atoms with Gasteiger partial charge in [-0.2, -0.15) is 8.42 Å². The fraction of sp³-hybridized carbons (Fsp3) is 0.278. The van der Waals surface area contributed by atoms with Gasteiger partial charge in [0.1, 0.15) is 10.6 Å². The molecule has 0 bridgehead atoms. The number of hydrogen-bond donors (Lipinski definition) is 0. The van der Waals surface area contributed by atoms with Crippen molar-refractivity contribution in [3.63, 3.8) is 0 Å². The van der Waals surface area contributed by atoms with Gasteiger partial charge in [0.05, 0.1) is 14.2 Å². The summed E-state index contributed by atoms with van der Waals surface area (Å²) in [6, 6.07) is 10.3. The second kappa shape index (κ2) is 7.36. The maximum Gasteiger partial charge on any atom is 0.339 e. The number of ether oxygens (including phenoxy) is 2. The lowest BCUT2D eigenvalue weighted by atomic mass is 10.3. The maximum atomic E-state index is 12.5. The van der Waals surface area contributed by atoms with Crippen LogP contribution in [0.1, 0.15) is 0 Å². The van der Waals surface area contributed by atoms with Crippen molar-refractivity contribution < 1.29 is 26.9 Å². The van der Waals surface area contributed by atoms with Crippen molar-refractivity contribution in [1.29, 1.82) is 0 Å². The van der Waals surface area contributed by atoms with E-state index in [4.69, 9.17) is 13.7 Å². The molecule has 2 aromatic rings. The summed E-state index contributed by atoms with van der Waals surface area (Å²) in [5.74, 6) is 0.928. The van der Waals surface area contributed by atoms with Crippen molar-refractivity contribution in [2.24, 2.45) is 0 Å². The number of methoxy groups -OCH3 is 2. The van der Waals surface area contributed by atoms with Crippen molar-refractivity contribution in [3.05, 3.63) is 42.5 Å². The van der Waals surface area contributed by atoms with E-state index in [9.17, 15) is 13.2 Å². The van der Waals surface area contributed by atoms with Gasteiger partial charge in [-0.25, -0.2) is 4.79 Å². The number of benzene rings is 2. The van der Waals surface area contributed by atoms with E-state index < -0.39 is 10.1 Å². The Morgan fingerprint density at radius 1 is 0.926 bits per heavy atom. The summed E-state index contributed by atoms with van der Waals surface area (Å²) >= 11 is 0. The van der Waals surface area contributed by atoms with Gasteiger partial charge in [-0.05, 0) is 36.4 Å². The van der Waals surface area contributed by atoms with Crippen molar-refractivity contribution in [1.82, 2.24) is 4.90 Å². The summed E-state index contributed by atoms with van der Waals surface area (Å²) in [4.78, 5) is 15.2. The molecular formula is C18H20N2O6S. The molecule has 2 aromatic carbocycles. The van der Waals surface area contributed by atoms with Gasteiger partial charge in [-0.1, -0.05) is 0 Å². The van der Waals surface area contributed by atoms with Crippen molar-refractivity contribution in [2.45, 2.75) is 4.90 Å². The molecule has 3 rings (SSSR count). The van der Waals surface area contributed by atoms with E-state index in [-0.39, 0.29) is 16.7 Å². The molecule has 0 atom stereocenters. The summed E-state index contributed by atoms with van der Waals surface area (Å²) in [5.41, 5.74) is 0.634. The fourth-order valence-corrected chi connectivity index (χ4v) is 3.65. The molecule has 0 spiro atoms. The van der Waals surface area contributed by atoms with Crippen LogP contribution in [0.25, 0.3) is 0 Å². The highest BCUT2D eigenvalue weighted by atomic mass is 32.2. The fourth-order valence-electron chi connectivity index (χ4n) is 2.72.